The van der Waals surface area contributed by atoms with Gasteiger partial charge in [-0.25, -0.2) is 0 Å². The third kappa shape index (κ3) is 3.32. The van der Waals surface area contributed by atoms with Gasteiger partial charge in [0.25, 0.3) is 0 Å². The van der Waals surface area contributed by atoms with Gasteiger partial charge in [0.2, 0.25) is 0 Å². The molecular formula is C18H17ClN2O2. The van der Waals surface area contributed by atoms with Crippen LogP contribution in [0.3, 0.4) is 0 Å². The van der Waals surface area contributed by atoms with Gasteiger partial charge in [-0.05, 0) is 36.2 Å². The maximum absolute atomic E-state index is 10.0. The fourth-order valence-corrected chi connectivity index (χ4v) is 2.72. The number of aromatic nitrogens is 1. The van der Waals surface area contributed by atoms with E-state index in [0.29, 0.717) is 17.1 Å². The van der Waals surface area contributed by atoms with E-state index in [9.17, 15) is 5.11 Å². The molecular weight excluding hydrogens is 312 g/mol. The van der Waals surface area contributed by atoms with Gasteiger partial charge in [0.1, 0.15) is 5.75 Å². The zero-order valence-corrected chi connectivity index (χ0v) is 13.5. The van der Waals surface area contributed by atoms with Gasteiger partial charge in [-0.2, -0.15) is 0 Å². The van der Waals surface area contributed by atoms with E-state index in [0.717, 1.165) is 28.6 Å². The van der Waals surface area contributed by atoms with Crippen LogP contribution in [0.5, 0.6) is 11.6 Å². The second kappa shape index (κ2) is 6.75. The molecule has 0 aliphatic rings. The average Bonchev–Trinajstić information content (AvgIpc) is 2.87. The van der Waals surface area contributed by atoms with Crippen molar-refractivity contribution >= 4 is 28.7 Å². The minimum atomic E-state index is 0.100. The van der Waals surface area contributed by atoms with Crippen LogP contribution in [0.25, 0.3) is 10.9 Å². The van der Waals surface area contributed by atoms with E-state index in [4.69, 9.17) is 16.3 Å². The first-order valence-electron chi connectivity index (χ1n) is 7.31. The van der Waals surface area contributed by atoms with Crippen LogP contribution in [-0.4, -0.2) is 30.0 Å². The molecule has 0 saturated heterocycles. The van der Waals surface area contributed by atoms with Crippen molar-refractivity contribution in [3.63, 3.8) is 0 Å². The number of aliphatic imine (C=N–C) groups is 1. The Morgan fingerprint density at radius 1 is 1.26 bits per heavy atom. The van der Waals surface area contributed by atoms with Crippen molar-refractivity contribution in [3.05, 3.63) is 58.6 Å². The lowest BCUT2D eigenvalue weighted by Gasteiger charge is -2.05. The lowest BCUT2D eigenvalue weighted by molar-refractivity contribution is 0.410. The maximum Gasteiger partial charge on any atom is 0.198 e. The van der Waals surface area contributed by atoms with E-state index in [-0.39, 0.29) is 5.88 Å². The van der Waals surface area contributed by atoms with E-state index >= 15 is 0 Å². The number of aromatic hydroxyl groups is 1. The summed E-state index contributed by atoms with van der Waals surface area (Å²) >= 11 is 6.02. The molecule has 0 unspecified atom stereocenters. The molecule has 0 aliphatic heterocycles. The predicted octanol–water partition coefficient (Wildman–Crippen LogP) is 4.20. The molecule has 3 rings (SSSR count). The summed E-state index contributed by atoms with van der Waals surface area (Å²) in [5.41, 5.74) is 2.60. The van der Waals surface area contributed by atoms with Crippen LogP contribution in [0.1, 0.15) is 11.1 Å². The number of halogens is 1. The van der Waals surface area contributed by atoms with E-state index in [2.05, 4.69) is 9.98 Å². The molecule has 0 aliphatic carbocycles. The Bertz CT molecular complexity index is 855. The van der Waals surface area contributed by atoms with Crippen LogP contribution >= 0.6 is 11.6 Å². The highest BCUT2D eigenvalue weighted by molar-refractivity contribution is 6.31. The number of hydrogen-bond acceptors (Lipinski definition) is 3. The molecule has 2 aromatic carbocycles. The zero-order chi connectivity index (χ0) is 16.2. The molecule has 5 heteroatoms. The van der Waals surface area contributed by atoms with Gasteiger partial charge < -0.3 is 14.8 Å². The van der Waals surface area contributed by atoms with Crippen LogP contribution in [0.2, 0.25) is 5.02 Å². The standard InChI is InChI=1S/C18H17ClN2O2/c1-23-17-5-3-2-4-12(17)8-9-20-11-15-14-10-13(19)6-7-16(14)21-18(15)22/h2-7,10-11,21-22H,8-9H2,1H3. The SMILES string of the molecule is COc1ccccc1CCN=Cc1c(O)[nH]c2ccc(Cl)cc12. The number of ether oxygens (including phenoxy) is 1. The molecule has 3 aromatic rings. The maximum atomic E-state index is 10.0. The summed E-state index contributed by atoms with van der Waals surface area (Å²) in [5, 5.41) is 11.5. The van der Waals surface area contributed by atoms with Gasteiger partial charge in [0.05, 0.1) is 12.7 Å². The van der Waals surface area contributed by atoms with Crippen molar-refractivity contribution in [2.75, 3.05) is 13.7 Å². The fourth-order valence-electron chi connectivity index (χ4n) is 2.55. The Morgan fingerprint density at radius 3 is 2.91 bits per heavy atom. The van der Waals surface area contributed by atoms with Crippen molar-refractivity contribution in [2.45, 2.75) is 6.42 Å². The van der Waals surface area contributed by atoms with Crippen molar-refractivity contribution in [3.8, 4) is 11.6 Å². The quantitative estimate of drug-likeness (QED) is 0.690. The number of rotatable bonds is 5. The van der Waals surface area contributed by atoms with Gasteiger partial charge in [0.15, 0.2) is 5.88 Å². The smallest absolute Gasteiger partial charge is 0.198 e. The Hall–Kier alpha value is -2.46. The molecule has 0 bridgehead atoms. The number of nitrogens with zero attached hydrogens (tertiary/aromatic N) is 1. The number of hydrogen-bond donors (Lipinski definition) is 2. The molecule has 0 saturated carbocycles. The number of methoxy groups -OCH3 is 1. The third-order valence-electron chi connectivity index (χ3n) is 3.70. The first kappa shape index (κ1) is 15.4. The second-order valence-electron chi connectivity index (χ2n) is 5.17. The number of fused-ring (bicyclic) bond motifs is 1. The van der Waals surface area contributed by atoms with Gasteiger partial charge in [0, 0.05) is 28.7 Å². The second-order valence-corrected chi connectivity index (χ2v) is 5.61. The normalized spacial score (nSPS) is 11.4. The minimum absolute atomic E-state index is 0.100. The first-order valence-corrected chi connectivity index (χ1v) is 7.68. The van der Waals surface area contributed by atoms with E-state index in [1.165, 1.54) is 0 Å². The molecule has 0 atom stereocenters. The van der Waals surface area contributed by atoms with Crippen molar-refractivity contribution < 1.29 is 9.84 Å². The van der Waals surface area contributed by atoms with Crippen molar-refractivity contribution in [2.24, 2.45) is 4.99 Å². The molecule has 4 nitrogen and oxygen atoms in total. The lowest BCUT2D eigenvalue weighted by atomic mass is 10.1. The highest BCUT2D eigenvalue weighted by Crippen LogP contribution is 2.28. The molecule has 23 heavy (non-hydrogen) atoms. The van der Waals surface area contributed by atoms with Crippen molar-refractivity contribution in [1.29, 1.82) is 0 Å². The summed E-state index contributed by atoms with van der Waals surface area (Å²) in [6, 6.07) is 13.3. The Kier molecular flexibility index (Phi) is 4.53. The predicted molar refractivity (Wildman–Crippen MR) is 94.1 cm³/mol. The summed E-state index contributed by atoms with van der Waals surface area (Å²) < 4.78 is 5.33. The van der Waals surface area contributed by atoms with Crippen LogP contribution in [0, 0.1) is 0 Å². The monoisotopic (exact) mass is 328 g/mol. The number of nitrogens with one attached hydrogen (secondary N) is 1. The largest absolute Gasteiger partial charge is 0.496 e. The van der Waals surface area contributed by atoms with Gasteiger partial charge in [-0.15, -0.1) is 0 Å². The summed E-state index contributed by atoms with van der Waals surface area (Å²) in [4.78, 5) is 7.34. The average molecular weight is 329 g/mol. The van der Waals surface area contributed by atoms with Gasteiger partial charge in [-0.1, -0.05) is 29.8 Å². The summed E-state index contributed by atoms with van der Waals surface area (Å²) in [6.45, 7) is 0.604. The highest BCUT2D eigenvalue weighted by atomic mass is 35.5. The van der Waals surface area contributed by atoms with Crippen LogP contribution in [0.15, 0.2) is 47.5 Å². The topological polar surface area (TPSA) is 57.6 Å². The Morgan fingerprint density at radius 2 is 2.09 bits per heavy atom. The highest BCUT2D eigenvalue weighted by Gasteiger charge is 2.09. The Balaban J connectivity index is 1.76. The number of para-hydroxylation sites is 1. The summed E-state index contributed by atoms with van der Waals surface area (Å²) in [5.74, 6) is 0.965. The van der Waals surface area contributed by atoms with Crippen molar-refractivity contribution in [1.82, 2.24) is 4.98 Å². The first-order chi connectivity index (χ1) is 11.2. The van der Waals surface area contributed by atoms with E-state index in [1.807, 2.05) is 36.4 Å². The van der Waals surface area contributed by atoms with Crippen LogP contribution in [-0.2, 0) is 6.42 Å². The molecule has 0 amide bonds. The molecule has 1 heterocycles. The molecule has 0 radical (unpaired) electrons. The summed E-state index contributed by atoms with van der Waals surface area (Å²) in [7, 11) is 1.66. The lowest BCUT2D eigenvalue weighted by Crippen LogP contribution is -1.95. The molecule has 1 aromatic heterocycles. The molecule has 118 valence electrons. The molecule has 2 N–H and O–H groups in total. The fraction of sp³-hybridized carbons (Fsp3) is 0.167. The zero-order valence-electron chi connectivity index (χ0n) is 12.7. The summed E-state index contributed by atoms with van der Waals surface area (Å²) in [6.07, 6.45) is 2.45. The van der Waals surface area contributed by atoms with E-state index in [1.54, 1.807) is 19.4 Å². The molecule has 0 spiro atoms. The van der Waals surface area contributed by atoms with E-state index < -0.39 is 0 Å². The van der Waals surface area contributed by atoms with Gasteiger partial charge in [-0.3, -0.25) is 4.99 Å². The molecule has 0 fully saturated rings. The van der Waals surface area contributed by atoms with Gasteiger partial charge >= 0.3 is 0 Å². The number of benzene rings is 2. The number of aromatic amines is 1. The minimum Gasteiger partial charge on any atom is -0.496 e. The Labute approximate surface area is 139 Å². The van der Waals surface area contributed by atoms with Crippen LogP contribution < -0.4 is 4.74 Å². The third-order valence-corrected chi connectivity index (χ3v) is 3.94. The number of H-pyrrole nitrogens is 1. The van der Waals surface area contributed by atoms with Crippen LogP contribution in [0.4, 0.5) is 0 Å².